The molecule has 0 atom stereocenters. The molecule has 0 aliphatic rings. The number of hydrogen-bond acceptors (Lipinski definition) is 4. The Balaban J connectivity index is 2.69. The van der Waals surface area contributed by atoms with Crippen molar-refractivity contribution in [3.8, 4) is 0 Å². The summed E-state index contributed by atoms with van der Waals surface area (Å²) in [5.41, 5.74) is 0. The second kappa shape index (κ2) is 10.7. The van der Waals surface area contributed by atoms with Crippen LogP contribution in [0.4, 0.5) is 0 Å². The third kappa shape index (κ3) is 10.7. The van der Waals surface area contributed by atoms with Gasteiger partial charge in [-0.2, -0.15) is 0 Å². The molecule has 1 N–H and O–H groups in total. The molecular weight excluding hydrogens is 258 g/mol. The summed E-state index contributed by atoms with van der Waals surface area (Å²) >= 11 is 0.820. The Hall–Kier alpha value is 0.658. The van der Waals surface area contributed by atoms with E-state index in [-0.39, 0.29) is 6.61 Å². The second-order valence-electron chi connectivity index (χ2n) is 1.82. The molecule has 0 radical (unpaired) electrons. The van der Waals surface area contributed by atoms with Crippen molar-refractivity contribution in [3.63, 3.8) is 0 Å². The van der Waals surface area contributed by atoms with Gasteiger partial charge in [0.2, 0.25) is 0 Å². The predicted molar refractivity (Wildman–Crippen MR) is 43.2 cm³/mol. The van der Waals surface area contributed by atoms with Crippen LogP contribution in [0.3, 0.4) is 0 Å². The molecule has 0 aliphatic heterocycles. The van der Waals surface area contributed by atoms with E-state index in [9.17, 15) is 0 Å². The Morgan fingerprint density at radius 2 is 1.45 bits per heavy atom. The first kappa shape index (κ1) is 11.7. The van der Waals surface area contributed by atoms with E-state index in [1.807, 2.05) is 0 Å². The van der Waals surface area contributed by atoms with Crippen molar-refractivity contribution in [1.29, 1.82) is 0 Å². The minimum absolute atomic E-state index is 0.0727. The molecule has 0 unspecified atom stereocenters. The van der Waals surface area contributed by atoms with Crippen LogP contribution in [-0.2, 0) is 12.5 Å². The van der Waals surface area contributed by atoms with Crippen LogP contribution in [0.15, 0.2) is 0 Å². The molecular formula is C6H15O4Sb. The molecule has 0 aromatic heterocycles. The zero-order chi connectivity index (χ0) is 8.36. The fourth-order valence-corrected chi connectivity index (χ4v) is 0.768. The second-order valence-corrected chi connectivity index (χ2v) is 2.77. The van der Waals surface area contributed by atoms with E-state index in [0.717, 1.165) is 23.4 Å². The molecule has 0 amide bonds. The van der Waals surface area contributed by atoms with Gasteiger partial charge in [0.1, 0.15) is 0 Å². The van der Waals surface area contributed by atoms with Crippen molar-refractivity contribution in [3.05, 3.63) is 0 Å². The molecule has 4 nitrogen and oxygen atoms in total. The van der Waals surface area contributed by atoms with E-state index < -0.39 is 0 Å². The van der Waals surface area contributed by atoms with Crippen molar-refractivity contribution in [2.24, 2.45) is 0 Å². The zero-order valence-electron chi connectivity index (χ0n) is 6.49. The van der Waals surface area contributed by atoms with E-state index in [0.29, 0.717) is 33.0 Å². The molecule has 0 spiro atoms. The summed E-state index contributed by atoms with van der Waals surface area (Å²) in [6.45, 7) is 2.88. The molecule has 0 fully saturated rings. The molecule has 0 saturated heterocycles. The first-order valence-electron chi connectivity index (χ1n) is 3.50. The predicted octanol–water partition coefficient (Wildman–Crippen LogP) is -1.42. The van der Waals surface area contributed by atoms with E-state index in [1.165, 1.54) is 0 Å². The third-order valence-electron chi connectivity index (χ3n) is 0.953. The van der Waals surface area contributed by atoms with Gasteiger partial charge in [-0.3, -0.25) is 0 Å². The third-order valence-corrected chi connectivity index (χ3v) is 1.63. The fourth-order valence-electron chi connectivity index (χ4n) is 0.494. The molecule has 0 aromatic rings. The average Bonchev–Trinajstić information content (AvgIpc) is 2.03. The minimum atomic E-state index is 0.0727. The molecule has 0 rings (SSSR count). The Morgan fingerprint density at radius 1 is 0.909 bits per heavy atom. The standard InChI is InChI=1S/C6H13O4.Sb.2H/c7-1-3-9-5-6-10-4-2-8;;;/h7H,1-6H2;;;/q-1;+1;;. The maximum absolute atomic E-state index is 8.33. The van der Waals surface area contributed by atoms with Crippen LogP contribution in [0, 0.1) is 0 Å². The maximum atomic E-state index is 8.33. The van der Waals surface area contributed by atoms with Gasteiger partial charge in [-0.15, -0.1) is 0 Å². The number of rotatable bonds is 8. The van der Waals surface area contributed by atoms with Crippen molar-refractivity contribution < 1.29 is 17.6 Å². The van der Waals surface area contributed by atoms with Gasteiger partial charge in [0.25, 0.3) is 0 Å². The van der Waals surface area contributed by atoms with Crippen LogP contribution in [0.25, 0.3) is 0 Å². The number of hydrogen-bond donors (Lipinski definition) is 1. The van der Waals surface area contributed by atoms with Gasteiger partial charge in [-0.25, -0.2) is 0 Å². The van der Waals surface area contributed by atoms with Gasteiger partial charge in [-0.1, -0.05) is 0 Å². The van der Waals surface area contributed by atoms with Gasteiger partial charge in [0.05, 0.1) is 0 Å². The molecule has 0 heterocycles. The van der Waals surface area contributed by atoms with Crippen LogP contribution >= 0.6 is 0 Å². The molecule has 0 aromatic carbocycles. The Bertz CT molecular complexity index is 63.6. The molecule has 68 valence electrons. The molecule has 0 bridgehead atoms. The molecule has 5 heteroatoms. The van der Waals surface area contributed by atoms with Crippen LogP contribution < -0.4 is 0 Å². The summed E-state index contributed by atoms with van der Waals surface area (Å²) < 4.78 is 15.0. The van der Waals surface area contributed by atoms with Crippen molar-refractivity contribution in [2.75, 3.05) is 39.6 Å². The van der Waals surface area contributed by atoms with E-state index in [2.05, 4.69) is 0 Å². The summed E-state index contributed by atoms with van der Waals surface area (Å²) in [6, 6.07) is 0. The van der Waals surface area contributed by atoms with E-state index in [4.69, 9.17) is 17.6 Å². The SMILES string of the molecule is OCCOCCOCC[O][SbH2]. The van der Waals surface area contributed by atoms with Crippen LogP contribution in [-0.4, -0.2) is 68.2 Å². The average molecular weight is 273 g/mol. The van der Waals surface area contributed by atoms with Gasteiger partial charge in [-0.05, 0) is 0 Å². The van der Waals surface area contributed by atoms with Gasteiger partial charge in [0, 0.05) is 0 Å². The Labute approximate surface area is 80.9 Å². The van der Waals surface area contributed by atoms with Crippen molar-refractivity contribution in [1.82, 2.24) is 0 Å². The van der Waals surface area contributed by atoms with E-state index in [1.54, 1.807) is 0 Å². The Kier molecular flexibility index (Phi) is 11.3. The normalized spacial score (nSPS) is 10.4. The van der Waals surface area contributed by atoms with E-state index >= 15 is 0 Å². The number of aliphatic hydroxyl groups is 1. The first-order valence-corrected chi connectivity index (χ1v) is 4.84. The van der Waals surface area contributed by atoms with Crippen molar-refractivity contribution in [2.45, 2.75) is 0 Å². The van der Waals surface area contributed by atoms with Crippen LogP contribution in [0.1, 0.15) is 0 Å². The van der Waals surface area contributed by atoms with Gasteiger partial charge >= 0.3 is 80.7 Å². The number of ether oxygens (including phenoxy) is 2. The van der Waals surface area contributed by atoms with Gasteiger partial charge < -0.3 is 0 Å². The molecule has 0 saturated carbocycles. The Morgan fingerprint density at radius 3 is 2.00 bits per heavy atom. The summed E-state index contributed by atoms with van der Waals surface area (Å²) in [6.07, 6.45) is 0. The van der Waals surface area contributed by atoms with Crippen LogP contribution in [0.5, 0.6) is 0 Å². The number of aliphatic hydroxyl groups excluding tert-OH is 1. The topological polar surface area (TPSA) is 47.9 Å². The zero-order valence-corrected chi connectivity index (χ0v) is 9.79. The van der Waals surface area contributed by atoms with Gasteiger partial charge in [0.15, 0.2) is 0 Å². The summed E-state index contributed by atoms with van der Waals surface area (Å²) in [5, 5.41) is 8.33. The quantitative estimate of drug-likeness (QED) is 0.435. The fraction of sp³-hybridized carbons (Fsp3) is 1.00. The summed E-state index contributed by atoms with van der Waals surface area (Å²) in [7, 11) is 0. The monoisotopic (exact) mass is 272 g/mol. The molecule has 0 aliphatic carbocycles. The van der Waals surface area contributed by atoms with Crippen LogP contribution in [0.2, 0.25) is 0 Å². The first-order chi connectivity index (χ1) is 5.41. The summed E-state index contributed by atoms with van der Waals surface area (Å²) in [5.74, 6) is 0. The summed E-state index contributed by atoms with van der Waals surface area (Å²) in [4.78, 5) is 0. The molecule has 11 heavy (non-hydrogen) atoms. The van der Waals surface area contributed by atoms with Crippen molar-refractivity contribution >= 4 is 23.4 Å².